The number of carbonyl (C=O) groups excluding carboxylic acids is 2. The number of carbonyl (C=O) groups is 2. The third-order valence-corrected chi connectivity index (χ3v) is 6.28. The Kier molecular flexibility index (Phi) is 4.41. The highest BCUT2D eigenvalue weighted by atomic mass is 35.5. The largest absolute Gasteiger partial charge is 0.368 e. The van der Waals surface area contributed by atoms with Gasteiger partial charge in [0.25, 0.3) is 0 Å². The minimum Gasteiger partial charge on any atom is -0.368 e. The molecule has 2 saturated heterocycles. The first-order valence-electron chi connectivity index (χ1n) is 9.22. The number of hydrogen-bond donors (Lipinski definition) is 2. The molecule has 0 aromatic carbocycles. The van der Waals surface area contributed by atoms with E-state index in [0.717, 1.165) is 5.69 Å². The van der Waals surface area contributed by atoms with Crippen molar-refractivity contribution >= 4 is 40.9 Å². The van der Waals surface area contributed by atoms with Crippen molar-refractivity contribution < 1.29 is 9.59 Å². The summed E-state index contributed by atoms with van der Waals surface area (Å²) in [5, 5.41) is 7.63. The molecule has 3 N–H and O–H groups in total. The molecule has 4 heterocycles. The zero-order chi connectivity index (χ0) is 21.0. The van der Waals surface area contributed by atoms with Crippen molar-refractivity contribution in [2.24, 2.45) is 23.6 Å². The number of amides is 2. The fraction of sp³-hybridized carbons (Fsp3) is 0.500. The highest BCUT2D eigenvalue weighted by Crippen LogP contribution is 2.53. The number of nitrogens with one attached hydrogen (secondary N) is 1. The van der Waals surface area contributed by atoms with Crippen LogP contribution >= 0.6 is 11.6 Å². The molecule has 0 unspecified atom stereocenters. The zero-order valence-electron chi connectivity index (χ0n) is 16.5. The topological polar surface area (TPSA) is 122 Å². The van der Waals surface area contributed by atoms with Gasteiger partial charge in [0, 0.05) is 38.3 Å². The molecule has 2 aliphatic heterocycles. The van der Waals surface area contributed by atoms with Crippen LogP contribution in [0.3, 0.4) is 0 Å². The van der Waals surface area contributed by atoms with Gasteiger partial charge in [0.2, 0.25) is 17.8 Å². The molecule has 0 saturated carbocycles. The SMILES string of the molecule is Cn1cc(Nc2ncc(Cl)c(N3C[C@@]4(C)CN(CC(N)=O)C(=O)[C@@]4(C)C3)n2)cn1. The predicted octanol–water partition coefficient (Wildman–Crippen LogP) is 0.767. The Hall–Kier alpha value is -2.88. The minimum absolute atomic E-state index is 0.0581. The van der Waals surface area contributed by atoms with Crippen LogP contribution in [-0.4, -0.2) is 62.6 Å². The lowest BCUT2D eigenvalue weighted by Crippen LogP contribution is -2.41. The van der Waals surface area contributed by atoms with Gasteiger partial charge >= 0.3 is 0 Å². The van der Waals surface area contributed by atoms with Crippen molar-refractivity contribution in [1.82, 2.24) is 24.6 Å². The fourth-order valence-corrected chi connectivity index (χ4v) is 4.55. The number of fused-ring (bicyclic) bond motifs is 1. The zero-order valence-corrected chi connectivity index (χ0v) is 17.3. The summed E-state index contributed by atoms with van der Waals surface area (Å²) >= 11 is 6.40. The molecule has 0 spiro atoms. The van der Waals surface area contributed by atoms with Crippen LogP contribution in [0.2, 0.25) is 5.02 Å². The molecule has 29 heavy (non-hydrogen) atoms. The molecule has 2 amide bonds. The molecule has 11 heteroatoms. The summed E-state index contributed by atoms with van der Waals surface area (Å²) in [6.07, 6.45) is 5.03. The standard InChI is InChI=1S/C18H23ClN8O2/c1-17-8-26(7-13(20)28)15(29)18(17,2)10-27(9-17)14-12(19)5-21-16(24-14)23-11-4-22-25(3)6-11/h4-6H,7-10H2,1-3H3,(H2,20,28)(H,21,23,24)/t17-,18-/m1/s1. The van der Waals surface area contributed by atoms with Crippen molar-refractivity contribution in [2.45, 2.75) is 13.8 Å². The Balaban J connectivity index is 1.59. The Morgan fingerprint density at radius 3 is 2.69 bits per heavy atom. The van der Waals surface area contributed by atoms with Crippen LogP contribution in [0.4, 0.5) is 17.5 Å². The Morgan fingerprint density at radius 2 is 2.07 bits per heavy atom. The number of likely N-dealkylation sites (tertiary alicyclic amines) is 1. The van der Waals surface area contributed by atoms with Gasteiger partial charge in [0.05, 0.1) is 30.0 Å². The maximum absolute atomic E-state index is 13.0. The van der Waals surface area contributed by atoms with Crippen molar-refractivity contribution in [3.8, 4) is 0 Å². The van der Waals surface area contributed by atoms with E-state index in [1.807, 2.05) is 25.1 Å². The number of nitrogens with two attached hydrogens (primary N) is 1. The molecule has 2 aromatic rings. The van der Waals surface area contributed by atoms with Crippen molar-refractivity contribution in [3.05, 3.63) is 23.6 Å². The normalized spacial score (nSPS) is 26.1. The first-order chi connectivity index (χ1) is 13.6. The maximum Gasteiger partial charge on any atom is 0.237 e. The lowest BCUT2D eigenvalue weighted by Gasteiger charge is -2.28. The van der Waals surface area contributed by atoms with E-state index in [4.69, 9.17) is 17.3 Å². The third-order valence-electron chi connectivity index (χ3n) is 6.01. The molecule has 10 nitrogen and oxygen atoms in total. The van der Waals surface area contributed by atoms with Gasteiger partial charge in [-0.1, -0.05) is 18.5 Å². The maximum atomic E-state index is 13.0. The first kappa shape index (κ1) is 19.4. The highest BCUT2D eigenvalue weighted by molar-refractivity contribution is 6.32. The number of aryl methyl sites for hydroxylation is 1. The fourth-order valence-electron chi connectivity index (χ4n) is 4.34. The second-order valence-corrected chi connectivity index (χ2v) is 8.68. The van der Waals surface area contributed by atoms with Gasteiger partial charge in [0.1, 0.15) is 5.02 Å². The minimum atomic E-state index is -0.659. The summed E-state index contributed by atoms with van der Waals surface area (Å²) in [5.41, 5.74) is 5.04. The van der Waals surface area contributed by atoms with Crippen LogP contribution in [0.1, 0.15) is 13.8 Å². The van der Waals surface area contributed by atoms with Crippen LogP contribution in [0.25, 0.3) is 0 Å². The van der Waals surface area contributed by atoms with Crippen molar-refractivity contribution in [3.63, 3.8) is 0 Å². The number of primary amides is 1. The molecule has 0 aliphatic carbocycles. The molecule has 0 bridgehead atoms. The van der Waals surface area contributed by atoms with E-state index in [1.165, 1.54) is 0 Å². The number of hydrogen-bond acceptors (Lipinski definition) is 7. The highest BCUT2D eigenvalue weighted by Gasteiger charge is 2.63. The Morgan fingerprint density at radius 1 is 1.31 bits per heavy atom. The first-order valence-corrected chi connectivity index (χ1v) is 9.60. The van der Waals surface area contributed by atoms with E-state index >= 15 is 0 Å². The molecule has 2 aliphatic rings. The average Bonchev–Trinajstić information content (AvgIpc) is 3.21. The van der Waals surface area contributed by atoms with E-state index in [2.05, 4.69) is 27.3 Å². The van der Waals surface area contributed by atoms with Crippen molar-refractivity contribution in [2.75, 3.05) is 36.4 Å². The average molecular weight is 419 g/mol. The predicted molar refractivity (Wildman–Crippen MR) is 108 cm³/mol. The van der Waals surface area contributed by atoms with Crippen LogP contribution in [0.15, 0.2) is 18.6 Å². The van der Waals surface area contributed by atoms with Gasteiger partial charge < -0.3 is 20.9 Å². The number of rotatable bonds is 5. The van der Waals surface area contributed by atoms with Crippen LogP contribution in [0, 0.1) is 10.8 Å². The van der Waals surface area contributed by atoms with Gasteiger partial charge in [-0.05, 0) is 6.92 Å². The molecule has 154 valence electrons. The number of anilines is 3. The van der Waals surface area contributed by atoms with Gasteiger partial charge in [0.15, 0.2) is 5.82 Å². The lowest BCUT2D eigenvalue weighted by atomic mass is 9.70. The summed E-state index contributed by atoms with van der Waals surface area (Å²) in [6.45, 7) is 5.41. The van der Waals surface area contributed by atoms with E-state index in [-0.39, 0.29) is 17.9 Å². The van der Waals surface area contributed by atoms with E-state index in [1.54, 1.807) is 22.0 Å². The third kappa shape index (κ3) is 3.17. The Labute approximate surface area is 173 Å². The molecule has 4 rings (SSSR count). The molecular weight excluding hydrogens is 396 g/mol. The summed E-state index contributed by atoms with van der Waals surface area (Å²) in [6, 6.07) is 0. The molecule has 2 fully saturated rings. The number of halogens is 1. The van der Waals surface area contributed by atoms with Gasteiger partial charge in [-0.2, -0.15) is 10.1 Å². The van der Waals surface area contributed by atoms with Crippen LogP contribution in [-0.2, 0) is 16.6 Å². The van der Waals surface area contributed by atoms with Crippen LogP contribution < -0.4 is 16.0 Å². The van der Waals surface area contributed by atoms with Gasteiger partial charge in [-0.15, -0.1) is 0 Å². The van der Waals surface area contributed by atoms with E-state index in [9.17, 15) is 9.59 Å². The second kappa shape index (κ2) is 6.58. The summed E-state index contributed by atoms with van der Waals surface area (Å²) in [7, 11) is 1.82. The quantitative estimate of drug-likeness (QED) is 0.735. The van der Waals surface area contributed by atoms with Gasteiger partial charge in [-0.3, -0.25) is 14.3 Å². The monoisotopic (exact) mass is 418 g/mol. The van der Waals surface area contributed by atoms with Crippen molar-refractivity contribution in [1.29, 1.82) is 0 Å². The second-order valence-electron chi connectivity index (χ2n) is 8.27. The summed E-state index contributed by atoms with van der Waals surface area (Å²) in [4.78, 5) is 36.7. The molecular formula is C18H23ClN8O2. The van der Waals surface area contributed by atoms with Gasteiger partial charge in [-0.25, -0.2) is 4.98 Å². The van der Waals surface area contributed by atoms with Crippen LogP contribution in [0.5, 0.6) is 0 Å². The van der Waals surface area contributed by atoms with E-state index in [0.29, 0.717) is 36.4 Å². The number of nitrogens with zero attached hydrogens (tertiary/aromatic N) is 6. The molecule has 0 radical (unpaired) electrons. The Bertz CT molecular complexity index is 994. The van der Waals surface area contributed by atoms with E-state index < -0.39 is 11.3 Å². The number of aromatic nitrogens is 4. The summed E-state index contributed by atoms with van der Waals surface area (Å²) < 4.78 is 1.67. The lowest BCUT2D eigenvalue weighted by molar-refractivity contribution is -0.138. The summed E-state index contributed by atoms with van der Waals surface area (Å²) in [5.74, 6) is 0.387. The smallest absolute Gasteiger partial charge is 0.237 e. The molecule has 2 aromatic heterocycles. The molecule has 2 atom stereocenters.